The third kappa shape index (κ3) is 7.35. The van der Waals surface area contributed by atoms with Gasteiger partial charge in [-0.05, 0) is 63.5 Å². The van der Waals surface area contributed by atoms with Crippen LogP contribution in [0.2, 0.25) is 5.02 Å². The van der Waals surface area contributed by atoms with Gasteiger partial charge >= 0.3 is 0 Å². The van der Waals surface area contributed by atoms with Gasteiger partial charge in [0.25, 0.3) is 0 Å². The summed E-state index contributed by atoms with van der Waals surface area (Å²) >= 11 is 6.47. The number of aromatic nitrogens is 2. The van der Waals surface area contributed by atoms with Crippen LogP contribution >= 0.6 is 11.6 Å². The number of pyridine rings is 2. The number of hydrogen-bond acceptors (Lipinski definition) is 8. The van der Waals surface area contributed by atoms with Gasteiger partial charge in [0, 0.05) is 48.1 Å². The fourth-order valence-electron chi connectivity index (χ4n) is 3.68. The summed E-state index contributed by atoms with van der Waals surface area (Å²) in [4.78, 5) is 23.1. The van der Waals surface area contributed by atoms with E-state index in [4.69, 9.17) is 29.3 Å². The molecule has 0 saturated carbocycles. The lowest BCUT2D eigenvalue weighted by atomic mass is 10.0. The lowest BCUT2D eigenvalue weighted by Gasteiger charge is -2.16. The zero-order valence-electron chi connectivity index (χ0n) is 28.1. The van der Waals surface area contributed by atoms with Crippen LogP contribution in [-0.4, -0.2) is 47.9 Å². The van der Waals surface area contributed by atoms with E-state index in [0.29, 0.717) is 22.3 Å². The van der Waals surface area contributed by atoms with E-state index in [9.17, 15) is 10.1 Å². The summed E-state index contributed by atoms with van der Waals surface area (Å²) in [6, 6.07) is 13.7. The Morgan fingerprint density at radius 1 is 1.20 bits per heavy atom. The van der Waals surface area contributed by atoms with E-state index >= 15 is 0 Å². The summed E-state index contributed by atoms with van der Waals surface area (Å²) in [6.07, 6.45) is 2.41. The van der Waals surface area contributed by atoms with Crippen LogP contribution in [0.5, 0.6) is 11.5 Å². The molecule has 0 bridgehead atoms. The van der Waals surface area contributed by atoms with E-state index in [-0.39, 0.29) is 52.4 Å². The maximum absolute atomic E-state index is 13.1. The van der Waals surface area contributed by atoms with E-state index in [1.807, 2.05) is 0 Å². The number of carbonyl (C=O) groups excluding carboxylic acids is 1. The molecule has 204 valence electrons. The molecule has 2 aromatic carbocycles. The molecule has 0 aliphatic heterocycles. The Balaban J connectivity index is 1.74. The number of hydrogen-bond donors (Lipinski definition) is 1. The summed E-state index contributed by atoms with van der Waals surface area (Å²) in [5, 5.41) is 13.5. The molecule has 0 fully saturated rings. The Labute approximate surface area is 247 Å². The summed E-state index contributed by atoms with van der Waals surface area (Å²) in [5.41, 5.74) is 1.48. The third-order valence-electron chi connectivity index (χ3n) is 5.49. The van der Waals surface area contributed by atoms with Crippen molar-refractivity contribution in [2.24, 2.45) is 0 Å². The minimum Gasteiger partial charge on any atom is -0.494 e. The van der Waals surface area contributed by atoms with E-state index in [1.54, 1.807) is 37.2 Å². The topological polar surface area (TPSA) is 100 Å². The van der Waals surface area contributed by atoms with Gasteiger partial charge in [0.1, 0.15) is 24.1 Å². The smallest absolute Gasteiger partial charge is 0.159 e. The van der Waals surface area contributed by atoms with Crippen LogP contribution in [0.15, 0.2) is 73.0 Å². The van der Waals surface area contributed by atoms with E-state index in [2.05, 4.69) is 21.4 Å². The van der Waals surface area contributed by atoms with Gasteiger partial charge in [-0.2, -0.15) is 5.26 Å². The molecule has 2 aromatic heterocycles. The Morgan fingerprint density at radius 3 is 2.75 bits per heavy atom. The second-order valence-electron chi connectivity index (χ2n) is 8.77. The van der Waals surface area contributed by atoms with Gasteiger partial charge in [0.2, 0.25) is 0 Å². The number of likely N-dealkylation sites (N-methyl/N-ethyl adjacent to an activating group) is 1. The fraction of sp³-hybridized carbons (Fsp3) is 0.226. The Morgan fingerprint density at radius 2 is 2.05 bits per heavy atom. The van der Waals surface area contributed by atoms with Crippen molar-refractivity contribution < 1.29 is 22.5 Å². The van der Waals surface area contributed by atoms with Gasteiger partial charge in [0.05, 0.1) is 42.3 Å². The van der Waals surface area contributed by atoms with Crippen LogP contribution in [0, 0.1) is 11.3 Å². The predicted molar refractivity (Wildman–Crippen MR) is 157 cm³/mol. The minimum absolute atomic E-state index is 0.0233. The van der Waals surface area contributed by atoms with Gasteiger partial charge in [0.15, 0.2) is 5.78 Å². The van der Waals surface area contributed by atoms with E-state index in [1.165, 1.54) is 49.6 Å². The maximum Gasteiger partial charge on any atom is 0.159 e. The second kappa shape index (κ2) is 13.6. The maximum atomic E-state index is 13.1. The first-order valence-corrected chi connectivity index (χ1v) is 12.5. The highest BCUT2D eigenvalue weighted by Crippen LogP contribution is 2.36. The van der Waals surface area contributed by atoms with Gasteiger partial charge in [-0.1, -0.05) is 23.7 Å². The summed E-state index contributed by atoms with van der Waals surface area (Å²) in [5.74, 6) is -0.587. The summed E-state index contributed by atoms with van der Waals surface area (Å²) in [7, 11) is 3.43. The number of ketones is 1. The highest BCUT2D eigenvalue weighted by molar-refractivity contribution is 6.32. The van der Waals surface area contributed by atoms with Crippen molar-refractivity contribution in [3.8, 4) is 17.6 Å². The van der Waals surface area contributed by atoms with Crippen molar-refractivity contribution in [1.82, 2.24) is 14.9 Å². The minimum atomic E-state index is -2.27. The molecule has 0 aliphatic rings. The molecule has 2 heterocycles. The van der Waals surface area contributed by atoms with Gasteiger partial charge in [-0.25, -0.2) is 0 Å². The van der Waals surface area contributed by atoms with Crippen molar-refractivity contribution in [3.05, 3.63) is 94.9 Å². The molecule has 0 unspecified atom stereocenters. The number of ether oxygens (including phenoxy) is 2. The van der Waals surface area contributed by atoms with Crippen LogP contribution < -0.4 is 14.8 Å². The molecule has 0 amide bonds. The number of halogens is 1. The second-order valence-corrected chi connectivity index (χ2v) is 9.18. The molecule has 0 saturated heterocycles. The monoisotopic (exact) mass is 561 g/mol. The Hall–Kier alpha value is -4.45. The molecule has 8 nitrogen and oxygen atoms in total. The standard InChI is InChI=1S/C31H30ClN5O3/c1-4-39-30-17-28-26(15-21(30)14-25(38)9-7-13-37(2)3)31(22(18-33)19-35-28)36-23-10-11-29(27(32)16-23)40-20-24-8-5-6-12-34-24/h5-12,15-17,19H,4,13-14,20H2,1-3H3,(H,35,36)/b9-7+/i4D2,7D,9D,20D2. The highest BCUT2D eigenvalue weighted by atomic mass is 35.5. The van der Waals surface area contributed by atoms with Crippen LogP contribution in [0.1, 0.15) is 32.0 Å². The zero-order chi connectivity index (χ0) is 33.8. The fourth-order valence-corrected chi connectivity index (χ4v) is 3.90. The molecule has 1 N–H and O–H groups in total. The van der Waals surface area contributed by atoms with Gasteiger partial charge < -0.3 is 19.7 Å². The molecule has 9 heteroatoms. The first kappa shape index (κ1) is 21.4. The number of carbonyl (C=O) groups is 1. The number of nitrogens with one attached hydrogen (secondary N) is 1. The number of nitrogens with zero attached hydrogens (tertiary/aromatic N) is 4. The summed E-state index contributed by atoms with van der Waals surface area (Å²) in [6.45, 7) is -3.09. The molecule has 0 atom stereocenters. The first-order chi connectivity index (χ1) is 21.6. The van der Waals surface area contributed by atoms with Crippen LogP contribution in [0.4, 0.5) is 11.4 Å². The van der Waals surface area contributed by atoms with E-state index < -0.39 is 25.0 Å². The average Bonchev–Trinajstić information content (AvgIpc) is 2.98. The third-order valence-corrected chi connectivity index (χ3v) is 5.78. The van der Waals surface area contributed by atoms with Crippen LogP contribution in [-0.2, 0) is 17.8 Å². The molecule has 0 aliphatic carbocycles. The molecule has 0 radical (unpaired) electrons. The number of rotatable bonds is 12. The lowest BCUT2D eigenvalue weighted by molar-refractivity contribution is -0.114. The van der Waals surface area contributed by atoms with Crippen molar-refractivity contribution in [2.45, 2.75) is 19.9 Å². The predicted octanol–water partition coefficient (Wildman–Crippen LogP) is 6.11. The van der Waals surface area contributed by atoms with E-state index in [0.717, 1.165) is 0 Å². The molecule has 4 aromatic rings. The Kier molecular flexibility index (Phi) is 7.25. The van der Waals surface area contributed by atoms with Crippen molar-refractivity contribution in [2.75, 3.05) is 32.5 Å². The summed E-state index contributed by atoms with van der Waals surface area (Å²) < 4.78 is 59.8. The number of allylic oxidation sites excluding steroid dienone is 1. The SMILES string of the molecule is [2H]/C(CN(C)C)=C(/[2H])C(=O)Cc1cc2c(Nc3ccc(OC([2H])([2H])c4ccccn4)c(Cl)c3)c(C#N)cnc2cc1OC([2H])([2H])C. The van der Waals surface area contributed by atoms with Gasteiger partial charge in [-0.15, -0.1) is 0 Å². The van der Waals surface area contributed by atoms with Crippen molar-refractivity contribution in [3.63, 3.8) is 0 Å². The highest BCUT2D eigenvalue weighted by Gasteiger charge is 2.16. The first-order valence-electron chi connectivity index (χ1n) is 15.1. The molecule has 0 spiro atoms. The number of anilines is 2. The van der Waals surface area contributed by atoms with Crippen molar-refractivity contribution >= 4 is 39.7 Å². The van der Waals surface area contributed by atoms with Gasteiger partial charge in [-0.3, -0.25) is 14.8 Å². The number of nitriles is 1. The van der Waals surface area contributed by atoms with Crippen LogP contribution in [0.3, 0.4) is 0 Å². The molecule has 4 rings (SSSR count). The molecular weight excluding hydrogens is 526 g/mol. The normalized spacial score (nSPS) is 14.5. The molecular formula is C31H30ClN5O3. The molecule has 40 heavy (non-hydrogen) atoms. The largest absolute Gasteiger partial charge is 0.494 e. The Bertz CT molecular complexity index is 1840. The van der Waals surface area contributed by atoms with Crippen LogP contribution in [0.25, 0.3) is 10.9 Å². The van der Waals surface area contributed by atoms with Crippen molar-refractivity contribution in [1.29, 1.82) is 5.26 Å². The number of fused-ring (bicyclic) bond motifs is 1. The average molecular weight is 562 g/mol. The zero-order valence-corrected chi connectivity index (χ0v) is 22.8. The lowest BCUT2D eigenvalue weighted by Crippen LogP contribution is -2.11. The quantitative estimate of drug-likeness (QED) is 0.207. The number of benzene rings is 2.